The minimum Gasteiger partial charge on any atom is -0.466 e. The van der Waals surface area contributed by atoms with E-state index in [9.17, 15) is 18.0 Å². The molecule has 2 rings (SSSR count). The molecular formula is C14H11F3N2O4. The lowest BCUT2D eigenvalue weighted by molar-refractivity contribution is -0.274. The first-order chi connectivity index (χ1) is 10.9. The van der Waals surface area contributed by atoms with Crippen molar-refractivity contribution in [2.75, 3.05) is 13.7 Å². The van der Waals surface area contributed by atoms with Crippen LogP contribution in [0.3, 0.4) is 0 Å². The van der Waals surface area contributed by atoms with Crippen LogP contribution in [0.1, 0.15) is 0 Å². The Kier molecular flexibility index (Phi) is 4.99. The van der Waals surface area contributed by atoms with Crippen molar-refractivity contribution in [3.05, 3.63) is 36.7 Å². The van der Waals surface area contributed by atoms with Crippen LogP contribution in [0.5, 0.6) is 11.6 Å². The summed E-state index contributed by atoms with van der Waals surface area (Å²) in [5.41, 5.74) is 0.724. The number of halogens is 3. The van der Waals surface area contributed by atoms with Gasteiger partial charge in [-0.2, -0.15) is 0 Å². The SMILES string of the molecule is COC(=O)COc1nccnc1-c1ccc(OC(F)(F)F)cc1. The Morgan fingerprint density at radius 3 is 2.39 bits per heavy atom. The number of benzene rings is 1. The molecule has 0 fully saturated rings. The van der Waals surface area contributed by atoms with E-state index in [-0.39, 0.29) is 23.9 Å². The zero-order chi connectivity index (χ0) is 16.9. The zero-order valence-corrected chi connectivity index (χ0v) is 11.8. The van der Waals surface area contributed by atoms with Gasteiger partial charge in [-0.1, -0.05) is 0 Å². The second-order valence-electron chi connectivity index (χ2n) is 4.15. The highest BCUT2D eigenvalue weighted by Gasteiger charge is 2.31. The van der Waals surface area contributed by atoms with Crippen molar-refractivity contribution in [2.45, 2.75) is 6.36 Å². The largest absolute Gasteiger partial charge is 0.573 e. The topological polar surface area (TPSA) is 70.5 Å². The monoisotopic (exact) mass is 328 g/mol. The van der Waals surface area contributed by atoms with Crippen LogP contribution in [-0.2, 0) is 9.53 Å². The van der Waals surface area contributed by atoms with Crippen molar-refractivity contribution >= 4 is 5.97 Å². The summed E-state index contributed by atoms with van der Waals surface area (Å²) >= 11 is 0. The quantitative estimate of drug-likeness (QED) is 0.786. The first kappa shape index (κ1) is 16.5. The molecule has 0 unspecified atom stereocenters. The maximum absolute atomic E-state index is 12.1. The summed E-state index contributed by atoms with van der Waals surface area (Å²) in [5, 5.41) is 0. The van der Waals surface area contributed by atoms with Crippen molar-refractivity contribution in [2.24, 2.45) is 0 Å². The van der Waals surface area contributed by atoms with E-state index in [2.05, 4.69) is 19.4 Å². The molecule has 0 saturated heterocycles. The van der Waals surface area contributed by atoms with Crippen LogP contribution in [0.2, 0.25) is 0 Å². The van der Waals surface area contributed by atoms with E-state index in [0.29, 0.717) is 5.56 Å². The standard InChI is InChI=1S/C14H11F3N2O4/c1-21-11(20)8-22-13-12(18-6-7-19-13)9-2-4-10(5-3-9)23-14(15,16)17/h2-7H,8H2,1H3. The summed E-state index contributed by atoms with van der Waals surface area (Å²) in [6, 6.07) is 5.02. The number of nitrogens with zero attached hydrogens (tertiary/aromatic N) is 2. The fraction of sp³-hybridized carbons (Fsp3) is 0.214. The van der Waals surface area contributed by atoms with E-state index in [1.54, 1.807) is 0 Å². The van der Waals surface area contributed by atoms with Gasteiger partial charge in [0.25, 0.3) is 0 Å². The highest BCUT2D eigenvalue weighted by Crippen LogP contribution is 2.29. The predicted octanol–water partition coefficient (Wildman–Crippen LogP) is 2.59. The molecule has 0 bridgehead atoms. The molecule has 0 atom stereocenters. The Hall–Kier alpha value is -2.84. The van der Waals surface area contributed by atoms with Gasteiger partial charge in [-0.25, -0.2) is 14.8 Å². The van der Waals surface area contributed by atoms with Gasteiger partial charge in [0.1, 0.15) is 11.4 Å². The average molecular weight is 328 g/mol. The molecule has 0 aliphatic heterocycles. The van der Waals surface area contributed by atoms with Crippen LogP contribution >= 0.6 is 0 Å². The molecule has 0 radical (unpaired) electrons. The lowest BCUT2D eigenvalue weighted by atomic mass is 10.1. The molecule has 2 aromatic rings. The molecule has 9 heteroatoms. The van der Waals surface area contributed by atoms with Crippen molar-refractivity contribution < 1.29 is 32.2 Å². The Morgan fingerprint density at radius 1 is 1.13 bits per heavy atom. The molecule has 0 saturated carbocycles. The summed E-state index contributed by atoms with van der Waals surface area (Å²) in [7, 11) is 1.21. The third-order valence-electron chi connectivity index (χ3n) is 2.58. The van der Waals surface area contributed by atoms with Gasteiger partial charge in [-0.3, -0.25) is 0 Å². The van der Waals surface area contributed by atoms with Gasteiger partial charge in [0, 0.05) is 18.0 Å². The van der Waals surface area contributed by atoms with Crippen LogP contribution in [0.25, 0.3) is 11.3 Å². The van der Waals surface area contributed by atoms with Crippen LogP contribution in [-0.4, -0.2) is 36.0 Å². The molecule has 1 aromatic heterocycles. The van der Waals surface area contributed by atoms with E-state index in [4.69, 9.17) is 4.74 Å². The number of rotatable bonds is 5. The first-order valence-corrected chi connectivity index (χ1v) is 6.26. The van der Waals surface area contributed by atoms with E-state index in [1.807, 2.05) is 0 Å². The Labute approximate surface area is 128 Å². The lowest BCUT2D eigenvalue weighted by Gasteiger charge is -2.10. The summed E-state index contributed by atoms with van der Waals surface area (Å²) in [6.45, 7) is -0.364. The first-order valence-electron chi connectivity index (χ1n) is 6.26. The number of alkyl halides is 3. The summed E-state index contributed by atoms with van der Waals surface area (Å²) in [5.74, 6) is -0.903. The maximum Gasteiger partial charge on any atom is 0.573 e. The van der Waals surface area contributed by atoms with Crippen LogP contribution in [0, 0.1) is 0 Å². The molecule has 0 spiro atoms. The van der Waals surface area contributed by atoms with Crippen molar-refractivity contribution in [3.63, 3.8) is 0 Å². The molecule has 1 heterocycles. The Morgan fingerprint density at radius 2 is 1.78 bits per heavy atom. The third kappa shape index (κ3) is 4.83. The molecule has 6 nitrogen and oxygen atoms in total. The second-order valence-corrected chi connectivity index (χ2v) is 4.15. The molecule has 0 aliphatic carbocycles. The fourth-order valence-corrected chi connectivity index (χ4v) is 1.63. The Bertz CT molecular complexity index is 674. The van der Waals surface area contributed by atoms with Gasteiger partial charge in [-0.05, 0) is 24.3 Å². The summed E-state index contributed by atoms with van der Waals surface area (Å²) in [4.78, 5) is 19.1. The highest BCUT2D eigenvalue weighted by atomic mass is 19.4. The van der Waals surface area contributed by atoms with E-state index in [0.717, 1.165) is 12.1 Å². The second kappa shape index (κ2) is 6.95. The van der Waals surface area contributed by atoms with Gasteiger partial charge in [-0.15, -0.1) is 13.2 Å². The van der Waals surface area contributed by atoms with Gasteiger partial charge >= 0.3 is 12.3 Å². The number of methoxy groups -OCH3 is 1. The van der Waals surface area contributed by atoms with Crippen LogP contribution in [0.15, 0.2) is 36.7 Å². The molecule has 1 aromatic carbocycles. The van der Waals surface area contributed by atoms with Crippen molar-refractivity contribution in [3.8, 4) is 22.9 Å². The highest BCUT2D eigenvalue weighted by molar-refractivity contribution is 5.71. The van der Waals surface area contributed by atoms with Crippen molar-refractivity contribution in [1.29, 1.82) is 0 Å². The van der Waals surface area contributed by atoms with E-state index >= 15 is 0 Å². The van der Waals surface area contributed by atoms with Gasteiger partial charge in [0.2, 0.25) is 5.88 Å². The third-order valence-corrected chi connectivity index (χ3v) is 2.58. The molecule has 0 amide bonds. The average Bonchev–Trinajstić information content (AvgIpc) is 2.52. The molecule has 0 N–H and O–H groups in total. The number of carbonyl (C=O) groups is 1. The van der Waals surface area contributed by atoms with Gasteiger partial charge in [0.05, 0.1) is 7.11 Å². The number of carbonyl (C=O) groups excluding carboxylic acids is 1. The molecule has 23 heavy (non-hydrogen) atoms. The smallest absolute Gasteiger partial charge is 0.466 e. The normalized spacial score (nSPS) is 11.0. The molecule has 122 valence electrons. The minimum absolute atomic E-state index is 0.0578. The van der Waals surface area contributed by atoms with E-state index < -0.39 is 12.3 Å². The molecule has 0 aliphatic rings. The van der Waals surface area contributed by atoms with Crippen molar-refractivity contribution in [1.82, 2.24) is 9.97 Å². The van der Waals surface area contributed by atoms with E-state index in [1.165, 1.54) is 31.6 Å². The maximum atomic E-state index is 12.1. The number of esters is 1. The summed E-state index contributed by atoms with van der Waals surface area (Å²) < 4.78 is 49.8. The van der Waals surface area contributed by atoms with Crippen LogP contribution in [0.4, 0.5) is 13.2 Å². The predicted molar refractivity (Wildman–Crippen MR) is 71.7 cm³/mol. The van der Waals surface area contributed by atoms with Gasteiger partial charge < -0.3 is 14.2 Å². The number of hydrogen-bond donors (Lipinski definition) is 0. The number of hydrogen-bond acceptors (Lipinski definition) is 6. The fourth-order valence-electron chi connectivity index (χ4n) is 1.63. The Balaban J connectivity index is 2.19. The lowest BCUT2D eigenvalue weighted by Crippen LogP contribution is -2.17. The molecular weight excluding hydrogens is 317 g/mol. The number of ether oxygens (including phenoxy) is 3. The minimum atomic E-state index is -4.76. The number of aromatic nitrogens is 2. The van der Waals surface area contributed by atoms with Gasteiger partial charge in [0.15, 0.2) is 6.61 Å². The summed E-state index contributed by atoms with van der Waals surface area (Å²) in [6.07, 6.45) is -2.01. The zero-order valence-electron chi connectivity index (χ0n) is 11.8. The van der Waals surface area contributed by atoms with Crippen LogP contribution < -0.4 is 9.47 Å².